The molecule has 140 valence electrons. The third-order valence-electron chi connectivity index (χ3n) is 4.49. The van der Waals surface area contributed by atoms with Gasteiger partial charge < -0.3 is 15.5 Å². The van der Waals surface area contributed by atoms with Crippen molar-refractivity contribution in [1.29, 1.82) is 0 Å². The van der Waals surface area contributed by atoms with Gasteiger partial charge in [0, 0.05) is 31.9 Å². The van der Waals surface area contributed by atoms with Crippen molar-refractivity contribution in [3.05, 3.63) is 65.2 Å². The van der Waals surface area contributed by atoms with Crippen LogP contribution in [0.25, 0.3) is 0 Å². The topological polar surface area (TPSA) is 39.7 Å². The Kier molecular flexibility index (Phi) is 8.22. The molecule has 0 aromatic heterocycles. The maximum atomic E-state index is 4.62. The Morgan fingerprint density at radius 2 is 1.62 bits per heavy atom. The summed E-state index contributed by atoms with van der Waals surface area (Å²) in [5, 5.41) is 6.51. The fourth-order valence-corrected chi connectivity index (χ4v) is 3.22. The van der Waals surface area contributed by atoms with Gasteiger partial charge in [0.2, 0.25) is 0 Å². The highest BCUT2D eigenvalue weighted by Crippen LogP contribution is 2.28. The van der Waals surface area contributed by atoms with E-state index in [0.717, 1.165) is 38.6 Å². The van der Waals surface area contributed by atoms with Crippen molar-refractivity contribution in [1.82, 2.24) is 10.6 Å². The first-order valence-electron chi connectivity index (χ1n) is 9.23. The van der Waals surface area contributed by atoms with Gasteiger partial charge in [0.05, 0.1) is 6.54 Å². The number of anilines is 1. The summed E-state index contributed by atoms with van der Waals surface area (Å²) in [6.45, 7) is 8.70. The minimum Gasteiger partial charge on any atom is -0.367 e. The van der Waals surface area contributed by atoms with Crippen molar-refractivity contribution in [2.45, 2.75) is 33.4 Å². The van der Waals surface area contributed by atoms with Crippen LogP contribution in [0.2, 0.25) is 0 Å². The molecule has 0 amide bonds. The van der Waals surface area contributed by atoms with Crippen molar-refractivity contribution < 1.29 is 0 Å². The Labute approximate surface area is 174 Å². The molecule has 0 saturated heterocycles. The summed E-state index contributed by atoms with van der Waals surface area (Å²) in [6.07, 6.45) is 1.15. The van der Waals surface area contributed by atoms with E-state index in [4.69, 9.17) is 0 Å². The van der Waals surface area contributed by atoms with E-state index in [1.165, 1.54) is 22.4 Å². The predicted molar refractivity (Wildman–Crippen MR) is 122 cm³/mol. The molecule has 0 bridgehead atoms. The second kappa shape index (κ2) is 10.4. The van der Waals surface area contributed by atoms with Crippen molar-refractivity contribution in [3.63, 3.8) is 0 Å². The number of rotatable bonds is 6. The van der Waals surface area contributed by atoms with Gasteiger partial charge in [-0.05, 0) is 43.0 Å². The average Bonchev–Trinajstić information content (AvgIpc) is 3.04. The van der Waals surface area contributed by atoms with E-state index in [-0.39, 0.29) is 24.0 Å². The molecule has 0 aliphatic carbocycles. The number of benzene rings is 2. The summed E-state index contributed by atoms with van der Waals surface area (Å²) >= 11 is 0. The molecule has 0 saturated carbocycles. The van der Waals surface area contributed by atoms with Gasteiger partial charge in [0.1, 0.15) is 0 Å². The first-order valence-corrected chi connectivity index (χ1v) is 9.23. The van der Waals surface area contributed by atoms with Gasteiger partial charge in [0.25, 0.3) is 0 Å². The molecule has 0 fully saturated rings. The largest absolute Gasteiger partial charge is 0.367 e. The molecule has 4 nitrogen and oxygen atoms in total. The normalized spacial score (nSPS) is 12.2. The maximum Gasteiger partial charge on any atom is 0.191 e. The molecule has 0 unspecified atom stereocenters. The minimum atomic E-state index is 0. The smallest absolute Gasteiger partial charge is 0.191 e. The predicted octanol–water partition coefficient (Wildman–Crippen LogP) is 3.94. The van der Waals surface area contributed by atoms with Gasteiger partial charge in [-0.2, -0.15) is 0 Å². The lowest BCUT2D eigenvalue weighted by Crippen LogP contribution is -2.36. The second-order valence-corrected chi connectivity index (χ2v) is 6.34. The summed E-state index contributed by atoms with van der Waals surface area (Å²) < 4.78 is 0. The van der Waals surface area contributed by atoms with Crippen LogP contribution >= 0.6 is 24.0 Å². The molecule has 26 heavy (non-hydrogen) atoms. The van der Waals surface area contributed by atoms with E-state index >= 15 is 0 Å². The van der Waals surface area contributed by atoms with E-state index in [1.54, 1.807) is 0 Å². The van der Waals surface area contributed by atoms with Crippen molar-refractivity contribution in [2.24, 2.45) is 4.99 Å². The first kappa shape index (κ1) is 20.6. The van der Waals surface area contributed by atoms with Crippen LogP contribution in [0, 0.1) is 0 Å². The monoisotopic (exact) mass is 464 g/mol. The third-order valence-corrected chi connectivity index (χ3v) is 4.49. The molecule has 2 aromatic rings. The number of guanidine groups is 1. The summed E-state index contributed by atoms with van der Waals surface area (Å²) in [4.78, 5) is 7.09. The summed E-state index contributed by atoms with van der Waals surface area (Å²) in [6, 6.07) is 17.6. The lowest BCUT2D eigenvalue weighted by molar-refractivity contribution is 0.832. The van der Waals surface area contributed by atoms with Crippen LogP contribution in [-0.2, 0) is 19.5 Å². The van der Waals surface area contributed by atoms with Crippen LogP contribution in [0.3, 0.4) is 0 Å². The van der Waals surface area contributed by atoms with Crippen molar-refractivity contribution in [2.75, 3.05) is 24.5 Å². The van der Waals surface area contributed by atoms with E-state index in [1.807, 2.05) is 0 Å². The number of fused-ring (bicyclic) bond motifs is 1. The fraction of sp³-hybridized carbons (Fsp3) is 0.381. The summed E-state index contributed by atoms with van der Waals surface area (Å²) in [7, 11) is 0. The molecule has 1 heterocycles. The molecule has 0 atom stereocenters. The zero-order valence-electron chi connectivity index (χ0n) is 15.7. The van der Waals surface area contributed by atoms with Crippen molar-refractivity contribution >= 4 is 35.6 Å². The van der Waals surface area contributed by atoms with E-state index in [2.05, 4.69) is 82.9 Å². The SMILES string of the molecule is CCNC(=NCc1ccc(CN2CCc3ccccc32)cc1)NCC.I. The van der Waals surface area contributed by atoms with Gasteiger partial charge >= 0.3 is 0 Å². The molecule has 5 heteroatoms. The van der Waals surface area contributed by atoms with E-state index in [9.17, 15) is 0 Å². The van der Waals surface area contributed by atoms with Gasteiger partial charge in [-0.3, -0.25) is 0 Å². The number of halogens is 1. The Balaban J connectivity index is 0.00000243. The second-order valence-electron chi connectivity index (χ2n) is 6.34. The molecule has 2 N–H and O–H groups in total. The standard InChI is InChI=1S/C21H28N4.HI/c1-3-22-21(23-4-2)24-15-17-9-11-18(12-10-17)16-25-14-13-19-7-5-6-8-20(19)25;/h5-12H,3-4,13-16H2,1-2H3,(H2,22,23,24);1H. The van der Waals surface area contributed by atoms with Crippen LogP contribution in [-0.4, -0.2) is 25.6 Å². The highest BCUT2D eigenvalue weighted by atomic mass is 127. The Hall–Kier alpha value is -1.76. The minimum absolute atomic E-state index is 0. The van der Waals surface area contributed by atoms with Crippen LogP contribution in [0.5, 0.6) is 0 Å². The van der Waals surface area contributed by atoms with E-state index < -0.39 is 0 Å². The quantitative estimate of drug-likeness (QED) is 0.387. The molecule has 3 rings (SSSR count). The molecule has 0 spiro atoms. The van der Waals surface area contributed by atoms with Gasteiger partial charge in [0.15, 0.2) is 5.96 Å². The molecule has 1 aliphatic rings. The zero-order valence-corrected chi connectivity index (χ0v) is 18.0. The van der Waals surface area contributed by atoms with E-state index in [0.29, 0.717) is 6.54 Å². The van der Waals surface area contributed by atoms with Gasteiger partial charge in [-0.15, -0.1) is 24.0 Å². The number of hydrogen-bond acceptors (Lipinski definition) is 2. The van der Waals surface area contributed by atoms with Gasteiger partial charge in [-0.1, -0.05) is 42.5 Å². The maximum absolute atomic E-state index is 4.62. The molecular weight excluding hydrogens is 435 g/mol. The number of aliphatic imine (C=N–C) groups is 1. The molecule has 1 aliphatic heterocycles. The number of para-hydroxylation sites is 1. The lowest BCUT2D eigenvalue weighted by Gasteiger charge is -2.19. The number of nitrogens with zero attached hydrogens (tertiary/aromatic N) is 2. The fourth-order valence-electron chi connectivity index (χ4n) is 3.22. The van der Waals surface area contributed by atoms with Crippen molar-refractivity contribution in [3.8, 4) is 0 Å². The number of hydrogen-bond donors (Lipinski definition) is 2. The number of nitrogens with one attached hydrogen (secondary N) is 2. The Bertz CT molecular complexity index is 704. The molecule has 2 aromatic carbocycles. The zero-order chi connectivity index (χ0) is 17.5. The first-order chi connectivity index (χ1) is 12.3. The Morgan fingerprint density at radius 3 is 2.31 bits per heavy atom. The highest BCUT2D eigenvalue weighted by molar-refractivity contribution is 14.0. The van der Waals surface area contributed by atoms with Crippen LogP contribution < -0.4 is 15.5 Å². The molecular formula is C21H29IN4. The lowest BCUT2D eigenvalue weighted by atomic mass is 10.1. The van der Waals surface area contributed by atoms with Gasteiger partial charge in [-0.25, -0.2) is 4.99 Å². The van der Waals surface area contributed by atoms with Crippen LogP contribution in [0.1, 0.15) is 30.5 Å². The Morgan fingerprint density at radius 1 is 0.962 bits per heavy atom. The summed E-state index contributed by atoms with van der Waals surface area (Å²) in [5.41, 5.74) is 5.44. The van der Waals surface area contributed by atoms with Crippen LogP contribution in [0.15, 0.2) is 53.5 Å². The third kappa shape index (κ3) is 5.37. The summed E-state index contributed by atoms with van der Waals surface area (Å²) in [5.74, 6) is 0.878. The highest BCUT2D eigenvalue weighted by Gasteiger charge is 2.17. The average molecular weight is 464 g/mol. The molecule has 0 radical (unpaired) electrons. The van der Waals surface area contributed by atoms with Crippen LogP contribution in [0.4, 0.5) is 5.69 Å².